The van der Waals surface area contributed by atoms with Crippen LogP contribution >= 0.6 is 38.6 Å². The van der Waals surface area contributed by atoms with Gasteiger partial charge in [-0.1, -0.05) is 0 Å². The molecule has 0 fully saturated rings. The van der Waals surface area contributed by atoms with E-state index in [2.05, 4.69) is 26.2 Å². The average Bonchev–Trinajstić information content (AvgIpc) is 3.31. The third kappa shape index (κ3) is 5.07. The fraction of sp³-hybridized carbons (Fsp3) is 0.222. The minimum Gasteiger partial charge on any atom is -0.493 e. The Morgan fingerprint density at radius 2 is 2.00 bits per heavy atom. The number of thiophene rings is 1. The van der Waals surface area contributed by atoms with Crippen LogP contribution in [0, 0.1) is 0 Å². The number of benzene rings is 1. The Kier molecular flexibility index (Phi) is 6.84. The summed E-state index contributed by atoms with van der Waals surface area (Å²) in [6.45, 7) is 0.844. The van der Waals surface area contributed by atoms with Crippen LogP contribution in [-0.4, -0.2) is 38.3 Å². The highest BCUT2D eigenvalue weighted by Gasteiger charge is 2.14. The number of anilines is 1. The molecule has 2 aromatic heterocycles. The molecule has 0 atom stereocenters. The number of halogens is 1. The Morgan fingerprint density at radius 1 is 1.15 bits per heavy atom. The minimum absolute atomic E-state index is 0.277. The number of amides is 1. The molecule has 9 heteroatoms. The summed E-state index contributed by atoms with van der Waals surface area (Å²) in [4.78, 5) is 18.0. The van der Waals surface area contributed by atoms with Crippen molar-refractivity contribution in [3.63, 3.8) is 0 Å². The molecule has 1 amide bonds. The minimum atomic E-state index is -0.277. The van der Waals surface area contributed by atoms with Gasteiger partial charge in [0.25, 0.3) is 5.91 Å². The predicted octanol–water partition coefficient (Wildman–Crippen LogP) is 4.92. The van der Waals surface area contributed by atoms with E-state index >= 15 is 0 Å². The summed E-state index contributed by atoms with van der Waals surface area (Å²) >= 11 is 6.44. The van der Waals surface area contributed by atoms with E-state index in [1.807, 2.05) is 11.4 Å². The van der Waals surface area contributed by atoms with Crippen LogP contribution < -0.4 is 14.8 Å². The van der Waals surface area contributed by atoms with Crippen LogP contribution in [0.2, 0.25) is 0 Å². The van der Waals surface area contributed by atoms with Gasteiger partial charge in [-0.15, -0.1) is 22.7 Å². The monoisotopic (exact) mass is 468 g/mol. The van der Waals surface area contributed by atoms with Gasteiger partial charge in [0.15, 0.2) is 11.5 Å². The second-order valence-corrected chi connectivity index (χ2v) is 8.01. The van der Waals surface area contributed by atoms with Gasteiger partial charge < -0.3 is 19.5 Å². The van der Waals surface area contributed by atoms with Gasteiger partial charge in [0.05, 0.1) is 18.6 Å². The second-order valence-electron chi connectivity index (χ2n) is 5.33. The fourth-order valence-corrected chi connectivity index (χ4v) is 4.52. The molecule has 3 aromatic rings. The van der Waals surface area contributed by atoms with E-state index in [1.165, 1.54) is 11.3 Å². The first kappa shape index (κ1) is 19.8. The molecule has 27 heavy (non-hydrogen) atoms. The summed E-state index contributed by atoms with van der Waals surface area (Å²) in [6, 6.07) is 7.20. The maximum atomic E-state index is 12.5. The molecule has 6 nitrogen and oxygen atoms in total. The number of rotatable bonds is 8. The lowest BCUT2D eigenvalue weighted by Crippen LogP contribution is -2.12. The normalized spacial score (nSPS) is 10.6. The summed E-state index contributed by atoms with van der Waals surface area (Å²) in [5.74, 6) is 0.846. The number of methoxy groups -OCH3 is 2. The molecule has 0 bridgehead atoms. The molecule has 2 heterocycles. The molecule has 142 valence electrons. The van der Waals surface area contributed by atoms with Gasteiger partial charge in [0.2, 0.25) is 0 Å². The van der Waals surface area contributed by atoms with Crippen molar-refractivity contribution in [3.05, 3.63) is 45.2 Å². The van der Waals surface area contributed by atoms with Crippen molar-refractivity contribution in [2.45, 2.75) is 0 Å². The topological polar surface area (TPSA) is 69.7 Å². The van der Waals surface area contributed by atoms with Crippen LogP contribution in [-0.2, 0) is 4.74 Å². The number of nitrogens with one attached hydrogen (secondary N) is 1. The lowest BCUT2D eigenvalue weighted by Gasteiger charge is -2.12. The largest absolute Gasteiger partial charge is 0.493 e. The van der Waals surface area contributed by atoms with Crippen LogP contribution in [0.4, 0.5) is 5.69 Å². The van der Waals surface area contributed by atoms with E-state index in [1.54, 1.807) is 49.1 Å². The van der Waals surface area contributed by atoms with Gasteiger partial charge in [-0.05, 0) is 34.1 Å². The highest BCUT2D eigenvalue weighted by Crippen LogP contribution is 2.33. The highest BCUT2D eigenvalue weighted by atomic mass is 79.9. The van der Waals surface area contributed by atoms with Crippen molar-refractivity contribution >= 4 is 50.2 Å². The third-order valence-electron chi connectivity index (χ3n) is 3.48. The third-order valence-corrected chi connectivity index (χ3v) is 6.18. The van der Waals surface area contributed by atoms with Gasteiger partial charge >= 0.3 is 0 Å². The molecule has 1 aromatic carbocycles. The smallest absolute Gasteiger partial charge is 0.275 e. The van der Waals surface area contributed by atoms with E-state index in [4.69, 9.17) is 14.2 Å². The zero-order chi connectivity index (χ0) is 19.2. The highest BCUT2D eigenvalue weighted by molar-refractivity contribution is 9.10. The van der Waals surface area contributed by atoms with E-state index in [0.717, 1.165) is 14.4 Å². The second kappa shape index (κ2) is 9.32. The molecule has 0 spiro atoms. The Balaban J connectivity index is 1.72. The molecule has 0 aliphatic rings. The Bertz CT molecular complexity index is 926. The number of carbonyl (C=O) groups is 1. The number of hydrogen-bond acceptors (Lipinski definition) is 7. The molecular weight excluding hydrogens is 452 g/mol. The van der Waals surface area contributed by atoms with Crippen LogP contribution in [0.15, 0.2) is 39.5 Å². The standard InChI is InChI=1S/C18H17BrN2O4S2/c1-23-5-6-25-15-8-12(3-4-14(15)24-2)20-17(22)13-10-27-18(21-13)16-7-11(19)9-26-16/h3-4,7-10H,5-6H2,1-2H3,(H,20,22). The molecule has 0 aliphatic heterocycles. The maximum absolute atomic E-state index is 12.5. The fourth-order valence-electron chi connectivity index (χ4n) is 2.21. The summed E-state index contributed by atoms with van der Waals surface area (Å²) in [5, 5.41) is 7.39. The lowest BCUT2D eigenvalue weighted by molar-refractivity contribution is 0.102. The summed E-state index contributed by atoms with van der Waals surface area (Å²) in [5.41, 5.74) is 0.971. The maximum Gasteiger partial charge on any atom is 0.275 e. The molecule has 1 N–H and O–H groups in total. The predicted molar refractivity (Wildman–Crippen MR) is 111 cm³/mol. The lowest BCUT2D eigenvalue weighted by atomic mass is 10.2. The van der Waals surface area contributed by atoms with Crippen molar-refractivity contribution in [3.8, 4) is 21.4 Å². The average molecular weight is 469 g/mol. The number of aromatic nitrogens is 1. The number of ether oxygens (including phenoxy) is 3. The van der Waals surface area contributed by atoms with Crippen molar-refractivity contribution in [2.24, 2.45) is 0 Å². The molecule has 0 unspecified atom stereocenters. The quantitative estimate of drug-likeness (QED) is 0.475. The van der Waals surface area contributed by atoms with Crippen LogP contribution in [0.25, 0.3) is 9.88 Å². The molecule has 0 radical (unpaired) electrons. The van der Waals surface area contributed by atoms with E-state index in [9.17, 15) is 4.79 Å². The van der Waals surface area contributed by atoms with Crippen molar-refractivity contribution < 1.29 is 19.0 Å². The molecular formula is C18H17BrN2O4S2. The van der Waals surface area contributed by atoms with Gasteiger partial charge in [-0.3, -0.25) is 4.79 Å². The van der Waals surface area contributed by atoms with Crippen molar-refractivity contribution in [1.29, 1.82) is 0 Å². The summed E-state index contributed by atoms with van der Waals surface area (Å²) in [7, 11) is 3.17. The van der Waals surface area contributed by atoms with E-state index in [0.29, 0.717) is 36.1 Å². The number of thiazole rings is 1. The van der Waals surface area contributed by atoms with Crippen molar-refractivity contribution in [2.75, 3.05) is 32.8 Å². The number of hydrogen-bond donors (Lipinski definition) is 1. The van der Waals surface area contributed by atoms with Crippen LogP contribution in [0.5, 0.6) is 11.5 Å². The summed E-state index contributed by atoms with van der Waals surface area (Å²) in [6.07, 6.45) is 0. The first-order chi connectivity index (χ1) is 13.1. The number of carbonyl (C=O) groups excluding carboxylic acids is 1. The molecule has 0 saturated heterocycles. The summed E-state index contributed by atoms with van der Waals surface area (Å²) < 4.78 is 16.9. The SMILES string of the molecule is COCCOc1cc(NC(=O)c2csc(-c3cc(Br)cs3)n2)ccc1OC. The van der Waals surface area contributed by atoms with Crippen molar-refractivity contribution in [1.82, 2.24) is 4.98 Å². The van der Waals surface area contributed by atoms with Crippen LogP contribution in [0.1, 0.15) is 10.5 Å². The molecule has 3 rings (SSSR count). The first-order valence-electron chi connectivity index (χ1n) is 7.91. The van der Waals surface area contributed by atoms with E-state index in [-0.39, 0.29) is 5.91 Å². The first-order valence-corrected chi connectivity index (χ1v) is 10.5. The molecule has 0 aliphatic carbocycles. The van der Waals surface area contributed by atoms with Gasteiger partial charge in [-0.25, -0.2) is 4.98 Å². The van der Waals surface area contributed by atoms with Crippen LogP contribution in [0.3, 0.4) is 0 Å². The Morgan fingerprint density at radius 3 is 2.70 bits per heavy atom. The van der Waals surface area contributed by atoms with Gasteiger partial charge in [0, 0.05) is 34.1 Å². The zero-order valence-corrected chi connectivity index (χ0v) is 17.9. The van der Waals surface area contributed by atoms with Gasteiger partial charge in [0.1, 0.15) is 17.3 Å². The van der Waals surface area contributed by atoms with Gasteiger partial charge in [-0.2, -0.15) is 0 Å². The Hall–Kier alpha value is -1.94. The van der Waals surface area contributed by atoms with E-state index < -0.39 is 0 Å². The number of nitrogens with zero attached hydrogens (tertiary/aromatic N) is 1. The Labute approximate surface area is 173 Å². The zero-order valence-electron chi connectivity index (χ0n) is 14.7. The molecule has 0 saturated carbocycles.